The van der Waals surface area contributed by atoms with Crippen LogP contribution in [-0.4, -0.2) is 0 Å². The van der Waals surface area contributed by atoms with E-state index in [4.69, 9.17) is 0 Å². The number of rotatable bonds is 7. The Morgan fingerprint density at radius 2 is 0.881 bits per heavy atom. The molecule has 0 aromatic heterocycles. The lowest BCUT2D eigenvalue weighted by Crippen LogP contribution is -2.22. The van der Waals surface area contributed by atoms with E-state index in [-0.39, 0.29) is 10.8 Å². The third-order valence-electron chi connectivity index (χ3n) is 12.5. The lowest BCUT2D eigenvalue weighted by atomic mass is 9.74. The van der Waals surface area contributed by atoms with Crippen molar-refractivity contribution in [2.24, 2.45) is 0 Å². The third kappa shape index (κ3) is 6.08. The standard InChI is InChI=1S/C58H47N/c1-57(2,3)42-36-38-44(39-37-42)59(53-34-15-12-26-46(53)48-30-18-23-41-22-17-29-45(55(41)48)40-20-7-5-8-21-40)54-35-16-13-27-47(54)49-31-19-33-52-56(49)50-28-11-14-32-51(50)58(52,4)43-24-9-6-10-25-43/h5-39H,1-4H3. The Bertz CT molecular complexity index is 2970. The fourth-order valence-corrected chi connectivity index (χ4v) is 9.58. The Balaban J connectivity index is 1.24. The zero-order chi connectivity index (χ0) is 40.1. The molecule has 0 spiro atoms. The first kappa shape index (κ1) is 36.4. The molecule has 284 valence electrons. The molecule has 0 saturated heterocycles. The second kappa shape index (κ2) is 14.5. The first-order chi connectivity index (χ1) is 28.8. The molecule has 1 heteroatoms. The average Bonchev–Trinajstić information content (AvgIpc) is 3.56. The topological polar surface area (TPSA) is 3.24 Å². The number of anilines is 3. The molecule has 1 atom stereocenters. The molecule has 0 radical (unpaired) electrons. The molecule has 0 saturated carbocycles. The maximum Gasteiger partial charge on any atom is 0.0540 e. The Kier molecular flexibility index (Phi) is 8.91. The van der Waals surface area contributed by atoms with Gasteiger partial charge in [0.25, 0.3) is 0 Å². The number of hydrogen-bond donors (Lipinski definition) is 0. The minimum atomic E-state index is -0.294. The van der Waals surface area contributed by atoms with E-state index in [2.05, 4.69) is 245 Å². The summed E-state index contributed by atoms with van der Waals surface area (Å²) in [6.07, 6.45) is 0. The van der Waals surface area contributed by atoms with Crippen LogP contribution in [0.2, 0.25) is 0 Å². The van der Waals surface area contributed by atoms with E-state index in [1.807, 2.05) is 0 Å². The molecule has 10 rings (SSSR count). The van der Waals surface area contributed by atoms with Gasteiger partial charge in [-0.25, -0.2) is 0 Å². The van der Waals surface area contributed by atoms with Gasteiger partial charge in [0.2, 0.25) is 0 Å². The molecule has 0 fully saturated rings. The van der Waals surface area contributed by atoms with Gasteiger partial charge >= 0.3 is 0 Å². The minimum absolute atomic E-state index is 0.0271. The van der Waals surface area contributed by atoms with Crippen molar-refractivity contribution in [2.75, 3.05) is 4.90 Å². The van der Waals surface area contributed by atoms with Crippen LogP contribution in [-0.2, 0) is 10.8 Å². The van der Waals surface area contributed by atoms with Crippen molar-refractivity contribution in [2.45, 2.75) is 38.5 Å². The van der Waals surface area contributed by atoms with E-state index in [0.717, 1.165) is 17.1 Å². The summed E-state index contributed by atoms with van der Waals surface area (Å²) in [5.74, 6) is 0. The highest BCUT2D eigenvalue weighted by molar-refractivity contribution is 6.09. The molecular formula is C58H47N. The molecule has 0 bridgehead atoms. The normalized spacial score (nSPS) is 14.5. The molecule has 0 N–H and O–H groups in total. The van der Waals surface area contributed by atoms with Crippen molar-refractivity contribution in [3.63, 3.8) is 0 Å². The second-order valence-corrected chi connectivity index (χ2v) is 17.0. The molecule has 0 aliphatic heterocycles. The molecule has 9 aromatic carbocycles. The van der Waals surface area contributed by atoms with Crippen molar-refractivity contribution in [1.82, 2.24) is 0 Å². The summed E-state index contributed by atoms with van der Waals surface area (Å²) in [4.78, 5) is 2.50. The summed E-state index contributed by atoms with van der Waals surface area (Å²) in [5.41, 5.74) is 18.2. The molecule has 0 heterocycles. The van der Waals surface area contributed by atoms with E-state index < -0.39 is 0 Å². The van der Waals surface area contributed by atoms with Gasteiger partial charge in [0.15, 0.2) is 0 Å². The van der Waals surface area contributed by atoms with Crippen molar-refractivity contribution in [3.05, 3.63) is 235 Å². The van der Waals surface area contributed by atoms with E-state index in [1.54, 1.807) is 0 Å². The van der Waals surface area contributed by atoms with Crippen molar-refractivity contribution in [3.8, 4) is 44.5 Å². The van der Waals surface area contributed by atoms with Gasteiger partial charge < -0.3 is 4.90 Å². The maximum absolute atomic E-state index is 2.50. The monoisotopic (exact) mass is 757 g/mol. The lowest BCUT2D eigenvalue weighted by Gasteiger charge is -2.31. The summed E-state index contributed by atoms with van der Waals surface area (Å²) in [6, 6.07) is 78.4. The minimum Gasteiger partial charge on any atom is -0.309 e. The van der Waals surface area contributed by atoms with Gasteiger partial charge in [0, 0.05) is 22.2 Å². The van der Waals surface area contributed by atoms with Crippen LogP contribution < -0.4 is 4.90 Å². The summed E-state index contributed by atoms with van der Waals surface area (Å²) >= 11 is 0. The van der Waals surface area contributed by atoms with Crippen LogP contribution in [0, 0.1) is 0 Å². The molecule has 0 amide bonds. The lowest BCUT2D eigenvalue weighted by molar-refractivity contribution is 0.590. The summed E-state index contributed by atoms with van der Waals surface area (Å²) in [7, 11) is 0. The average molecular weight is 758 g/mol. The fraction of sp³-hybridized carbons (Fsp3) is 0.103. The third-order valence-corrected chi connectivity index (χ3v) is 12.5. The molecule has 1 nitrogen and oxygen atoms in total. The largest absolute Gasteiger partial charge is 0.309 e. The van der Waals surface area contributed by atoms with Crippen LogP contribution in [0.4, 0.5) is 17.1 Å². The Morgan fingerprint density at radius 3 is 1.54 bits per heavy atom. The fourth-order valence-electron chi connectivity index (χ4n) is 9.58. The van der Waals surface area contributed by atoms with Gasteiger partial charge in [0.1, 0.15) is 0 Å². The van der Waals surface area contributed by atoms with Crippen LogP contribution in [0.15, 0.2) is 212 Å². The van der Waals surface area contributed by atoms with Crippen LogP contribution in [0.1, 0.15) is 49.9 Å². The van der Waals surface area contributed by atoms with Crippen LogP contribution in [0.5, 0.6) is 0 Å². The van der Waals surface area contributed by atoms with Crippen LogP contribution in [0.25, 0.3) is 55.3 Å². The van der Waals surface area contributed by atoms with E-state index in [0.29, 0.717) is 0 Å². The molecular weight excluding hydrogens is 711 g/mol. The van der Waals surface area contributed by atoms with Crippen molar-refractivity contribution < 1.29 is 0 Å². The predicted molar refractivity (Wildman–Crippen MR) is 251 cm³/mol. The quantitative estimate of drug-likeness (QED) is 0.156. The summed E-state index contributed by atoms with van der Waals surface area (Å²) in [5, 5.41) is 2.47. The highest BCUT2D eigenvalue weighted by atomic mass is 15.1. The van der Waals surface area contributed by atoms with E-state index in [1.165, 1.54) is 77.5 Å². The van der Waals surface area contributed by atoms with Gasteiger partial charge in [0.05, 0.1) is 11.4 Å². The van der Waals surface area contributed by atoms with Gasteiger partial charge in [-0.1, -0.05) is 209 Å². The van der Waals surface area contributed by atoms with Crippen molar-refractivity contribution in [1.29, 1.82) is 0 Å². The number of nitrogens with zero attached hydrogens (tertiary/aromatic N) is 1. The highest BCUT2D eigenvalue weighted by Crippen LogP contribution is 2.56. The Labute approximate surface area is 348 Å². The maximum atomic E-state index is 2.50. The first-order valence-corrected chi connectivity index (χ1v) is 20.8. The molecule has 1 unspecified atom stereocenters. The van der Waals surface area contributed by atoms with E-state index >= 15 is 0 Å². The van der Waals surface area contributed by atoms with Gasteiger partial charge in [-0.15, -0.1) is 0 Å². The second-order valence-electron chi connectivity index (χ2n) is 17.0. The Hall–Kier alpha value is -6.96. The van der Waals surface area contributed by atoms with Gasteiger partial charge in [-0.3, -0.25) is 0 Å². The molecule has 59 heavy (non-hydrogen) atoms. The van der Waals surface area contributed by atoms with E-state index in [9.17, 15) is 0 Å². The highest BCUT2D eigenvalue weighted by Gasteiger charge is 2.42. The number of benzene rings is 9. The summed E-state index contributed by atoms with van der Waals surface area (Å²) < 4.78 is 0. The van der Waals surface area contributed by atoms with Crippen LogP contribution >= 0.6 is 0 Å². The Morgan fingerprint density at radius 1 is 0.390 bits per heavy atom. The predicted octanol–water partition coefficient (Wildman–Crippen LogP) is 15.9. The van der Waals surface area contributed by atoms with Gasteiger partial charge in [-0.05, 0) is 103 Å². The molecule has 9 aromatic rings. The number of fused-ring (bicyclic) bond motifs is 4. The molecule has 1 aliphatic carbocycles. The SMILES string of the molecule is CC(C)(C)c1ccc(N(c2ccccc2-c2cccc3c2-c2ccccc2C3(C)c2ccccc2)c2ccccc2-c2cccc3cccc(-c4ccccc4)c23)cc1. The number of para-hydroxylation sites is 2. The summed E-state index contributed by atoms with van der Waals surface area (Å²) in [6.45, 7) is 9.25. The van der Waals surface area contributed by atoms with Crippen LogP contribution in [0.3, 0.4) is 0 Å². The zero-order valence-electron chi connectivity index (χ0n) is 34.2. The number of hydrogen-bond acceptors (Lipinski definition) is 1. The molecule has 1 aliphatic rings. The smallest absolute Gasteiger partial charge is 0.0540 e. The van der Waals surface area contributed by atoms with Gasteiger partial charge in [-0.2, -0.15) is 0 Å². The van der Waals surface area contributed by atoms with Crippen molar-refractivity contribution >= 4 is 27.8 Å². The zero-order valence-corrected chi connectivity index (χ0v) is 34.2. The first-order valence-electron chi connectivity index (χ1n) is 20.8.